The van der Waals surface area contributed by atoms with Gasteiger partial charge in [0.1, 0.15) is 5.82 Å². The van der Waals surface area contributed by atoms with Crippen LogP contribution in [0.3, 0.4) is 0 Å². The molecule has 0 radical (unpaired) electrons. The van der Waals surface area contributed by atoms with E-state index >= 15 is 0 Å². The maximum Gasteiger partial charge on any atom is 0.128 e. The average Bonchev–Trinajstić information content (AvgIpc) is 2.61. The lowest BCUT2D eigenvalue weighted by Gasteiger charge is -2.32. The lowest BCUT2D eigenvalue weighted by molar-refractivity contribution is 0.193. The van der Waals surface area contributed by atoms with Gasteiger partial charge in [0.15, 0.2) is 0 Å². The van der Waals surface area contributed by atoms with Crippen LogP contribution in [0, 0.1) is 11.2 Å². The molecule has 0 saturated carbocycles. The third kappa shape index (κ3) is 2.73. The van der Waals surface area contributed by atoms with Gasteiger partial charge in [0.25, 0.3) is 0 Å². The molecule has 0 bridgehead atoms. The molecule has 0 spiro atoms. The molecule has 1 fully saturated rings. The van der Waals surface area contributed by atoms with Crippen molar-refractivity contribution in [2.24, 2.45) is 11.1 Å². The summed E-state index contributed by atoms with van der Waals surface area (Å²) >= 11 is 0. The zero-order chi connectivity index (χ0) is 13.3. The normalized spacial score (nSPS) is 22.9. The molecule has 1 aliphatic rings. The molecule has 1 aromatic rings. The smallest absolute Gasteiger partial charge is 0.128 e. The Morgan fingerprint density at radius 3 is 2.50 bits per heavy atom. The minimum Gasteiger partial charge on any atom is -0.326 e. The second kappa shape index (κ2) is 4.98. The molecular formula is C15H23FN2. The zero-order valence-electron chi connectivity index (χ0n) is 11.5. The minimum absolute atomic E-state index is 0.0204. The monoisotopic (exact) mass is 250 g/mol. The molecule has 2 atom stereocenters. The molecule has 0 aliphatic carbocycles. The highest BCUT2D eigenvalue weighted by atomic mass is 19.1. The number of hydrogen-bond donors (Lipinski definition) is 1. The van der Waals surface area contributed by atoms with Crippen molar-refractivity contribution in [1.82, 2.24) is 4.90 Å². The van der Waals surface area contributed by atoms with Crippen molar-refractivity contribution in [3.05, 3.63) is 35.6 Å². The predicted octanol–water partition coefficient (Wildman–Crippen LogP) is 2.95. The van der Waals surface area contributed by atoms with Crippen molar-refractivity contribution in [2.75, 3.05) is 13.1 Å². The fourth-order valence-corrected chi connectivity index (χ4v) is 2.92. The quantitative estimate of drug-likeness (QED) is 0.893. The molecule has 2 nitrogen and oxygen atoms in total. The first-order valence-electron chi connectivity index (χ1n) is 6.65. The summed E-state index contributed by atoms with van der Waals surface area (Å²) in [4.78, 5) is 2.32. The van der Waals surface area contributed by atoms with Crippen molar-refractivity contribution in [1.29, 1.82) is 0 Å². The van der Waals surface area contributed by atoms with Crippen LogP contribution in [0.5, 0.6) is 0 Å². The van der Waals surface area contributed by atoms with E-state index in [1.54, 1.807) is 6.07 Å². The number of hydrogen-bond acceptors (Lipinski definition) is 2. The summed E-state index contributed by atoms with van der Waals surface area (Å²) in [5.74, 6) is -0.149. The van der Waals surface area contributed by atoms with Gasteiger partial charge in [0, 0.05) is 18.2 Å². The van der Waals surface area contributed by atoms with Crippen molar-refractivity contribution < 1.29 is 4.39 Å². The van der Waals surface area contributed by atoms with E-state index in [-0.39, 0.29) is 17.9 Å². The number of halogens is 1. The Kier molecular flexibility index (Phi) is 3.74. The Bertz CT molecular complexity index is 415. The Labute approximate surface area is 109 Å². The van der Waals surface area contributed by atoms with Gasteiger partial charge in [-0.15, -0.1) is 0 Å². The van der Waals surface area contributed by atoms with Crippen molar-refractivity contribution in [2.45, 2.75) is 39.3 Å². The van der Waals surface area contributed by atoms with Crippen LogP contribution in [0.1, 0.15) is 38.8 Å². The first-order valence-corrected chi connectivity index (χ1v) is 6.65. The van der Waals surface area contributed by atoms with Gasteiger partial charge in [0.05, 0.1) is 6.04 Å². The Morgan fingerprint density at radius 2 is 2.00 bits per heavy atom. The number of likely N-dealkylation sites (tertiary alicyclic amines) is 1. The summed E-state index contributed by atoms with van der Waals surface area (Å²) in [7, 11) is 0. The standard InChI is InChI=1S/C15H23FN2/c1-11(17)14(12-6-4-5-7-13(12)16)18-9-8-15(2,3)10-18/h4-7,11,14H,8-10,17H2,1-3H3. The van der Waals surface area contributed by atoms with Crippen LogP contribution in [0.25, 0.3) is 0 Å². The maximum absolute atomic E-state index is 14.0. The lowest BCUT2D eigenvalue weighted by atomic mass is 9.93. The Hall–Kier alpha value is -0.930. The van der Waals surface area contributed by atoms with Crippen molar-refractivity contribution in [3.63, 3.8) is 0 Å². The highest BCUT2D eigenvalue weighted by Gasteiger charge is 2.36. The number of nitrogens with zero attached hydrogens (tertiary/aromatic N) is 1. The first kappa shape index (κ1) is 13.5. The second-order valence-electron chi connectivity index (χ2n) is 6.21. The van der Waals surface area contributed by atoms with Crippen LogP contribution in [0.15, 0.2) is 24.3 Å². The number of rotatable bonds is 3. The molecule has 18 heavy (non-hydrogen) atoms. The average molecular weight is 250 g/mol. The Balaban J connectivity index is 2.28. The van der Waals surface area contributed by atoms with Gasteiger partial charge in [-0.05, 0) is 31.4 Å². The summed E-state index contributed by atoms with van der Waals surface area (Å²) in [6, 6.07) is 6.89. The molecule has 1 saturated heterocycles. The molecular weight excluding hydrogens is 227 g/mol. The van der Waals surface area contributed by atoms with Gasteiger partial charge in [-0.2, -0.15) is 0 Å². The van der Waals surface area contributed by atoms with Crippen LogP contribution in [-0.2, 0) is 0 Å². The van der Waals surface area contributed by atoms with Crippen molar-refractivity contribution in [3.8, 4) is 0 Å². The van der Waals surface area contributed by atoms with Gasteiger partial charge < -0.3 is 5.73 Å². The van der Waals surface area contributed by atoms with E-state index in [1.165, 1.54) is 6.07 Å². The van der Waals surface area contributed by atoms with E-state index in [0.717, 1.165) is 25.1 Å². The Morgan fingerprint density at radius 1 is 1.33 bits per heavy atom. The molecule has 1 heterocycles. The molecule has 2 N–H and O–H groups in total. The summed E-state index contributed by atoms with van der Waals surface area (Å²) in [6.45, 7) is 8.45. The highest BCUT2D eigenvalue weighted by Crippen LogP contribution is 2.36. The maximum atomic E-state index is 14.0. The molecule has 2 rings (SSSR count). The summed E-state index contributed by atoms with van der Waals surface area (Å²) in [6.07, 6.45) is 1.14. The number of nitrogens with two attached hydrogens (primary N) is 1. The predicted molar refractivity (Wildman–Crippen MR) is 72.8 cm³/mol. The van der Waals surface area contributed by atoms with E-state index in [9.17, 15) is 4.39 Å². The molecule has 3 heteroatoms. The fourth-order valence-electron chi connectivity index (χ4n) is 2.92. The van der Waals surface area contributed by atoms with Gasteiger partial charge >= 0.3 is 0 Å². The molecule has 0 aromatic heterocycles. The third-order valence-corrected chi connectivity index (χ3v) is 3.82. The van der Waals surface area contributed by atoms with E-state index < -0.39 is 0 Å². The van der Waals surface area contributed by atoms with Crippen LogP contribution in [-0.4, -0.2) is 24.0 Å². The molecule has 2 unspecified atom stereocenters. The highest BCUT2D eigenvalue weighted by molar-refractivity contribution is 5.23. The van der Waals surface area contributed by atoms with Gasteiger partial charge in [-0.1, -0.05) is 32.0 Å². The van der Waals surface area contributed by atoms with Crippen LogP contribution >= 0.6 is 0 Å². The molecule has 1 aliphatic heterocycles. The molecule has 100 valence electrons. The summed E-state index contributed by atoms with van der Waals surface area (Å²) in [5, 5.41) is 0. The fraction of sp³-hybridized carbons (Fsp3) is 0.600. The van der Waals surface area contributed by atoms with Gasteiger partial charge in [-0.3, -0.25) is 4.90 Å². The second-order valence-corrected chi connectivity index (χ2v) is 6.21. The van der Waals surface area contributed by atoms with Crippen LogP contribution < -0.4 is 5.73 Å². The van der Waals surface area contributed by atoms with E-state index in [0.29, 0.717) is 5.41 Å². The van der Waals surface area contributed by atoms with Gasteiger partial charge in [-0.25, -0.2) is 4.39 Å². The van der Waals surface area contributed by atoms with E-state index in [1.807, 2.05) is 19.1 Å². The van der Waals surface area contributed by atoms with Crippen molar-refractivity contribution >= 4 is 0 Å². The van der Waals surface area contributed by atoms with E-state index in [4.69, 9.17) is 5.73 Å². The summed E-state index contributed by atoms with van der Waals surface area (Å²) in [5.41, 5.74) is 7.13. The minimum atomic E-state index is -0.149. The van der Waals surface area contributed by atoms with Gasteiger partial charge in [0.2, 0.25) is 0 Å². The number of benzene rings is 1. The zero-order valence-corrected chi connectivity index (χ0v) is 11.5. The first-order chi connectivity index (χ1) is 8.41. The topological polar surface area (TPSA) is 29.3 Å². The largest absolute Gasteiger partial charge is 0.326 e. The lowest BCUT2D eigenvalue weighted by Crippen LogP contribution is -2.39. The third-order valence-electron chi connectivity index (χ3n) is 3.82. The summed E-state index contributed by atoms with van der Waals surface area (Å²) < 4.78 is 14.0. The van der Waals surface area contributed by atoms with Crippen LogP contribution in [0.4, 0.5) is 4.39 Å². The molecule has 1 aromatic carbocycles. The molecule has 0 amide bonds. The SMILES string of the molecule is CC(N)C(c1ccccc1F)N1CCC(C)(C)C1. The van der Waals surface area contributed by atoms with Crippen LogP contribution in [0.2, 0.25) is 0 Å². The van der Waals surface area contributed by atoms with E-state index in [2.05, 4.69) is 18.7 Å².